The maximum atomic E-state index is 2.30. The van der Waals surface area contributed by atoms with Gasteiger partial charge in [-0.1, -0.05) is 54.6 Å². The Morgan fingerprint density at radius 1 is 0.773 bits per heavy atom. The molecule has 0 heterocycles. The summed E-state index contributed by atoms with van der Waals surface area (Å²) in [6.07, 6.45) is 1.05. The fraction of sp³-hybridized carbons (Fsp3) is 0.182. The normalized spacial score (nSPS) is 13.8. The summed E-state index contributed by atoms with van der Waals surface area (Å²) >= 11 is 0. The van der Waals surface area contributed by atoms with Crippen LogP contribution in [0.15, 0.2) is 54.6 Å². The van der Waals surface area contributed by atoms with Gasteiger partial charge in [-0.15, -0.1) is 0 Å². The summed E-state index contributed by atoms with van der Waals surface area (Å²) in [6.45, 7) is 6.75. The lowest BCUT2D eigenvalue weighted by molar-refractivity contribution is 1.25. The molecular formula is C22H20. The SMILES string of the molecule is CC1=C(c2cccc3ccccc23)Cc2ccc(C)c(C)c21. The van der Waals surface area contributed by atoms with Crippen molar-refractivity contribution in [1.29, 1.82) is 0 Å². The minimum Gasteiger partial charge on any atom is -0.0616 e. The Hall–Kier alpha value is -2.34. The van der Waals surface area contributed by atoms with Crippen LogP contribution in [0.5, 0.6) is 0 Å². The van der Waals surface area contributed by atoms with Crippen molar-refractivity contribution in [3.8, 4) is 0 Å². The highest BCUT2D eigenvalue weighted by Crippen LogP contribution is 2.42. The Morgan fingerprint density at radius 2 is 1.55 bits per heavy atom. The Labute approximate surface area is 132 Å². The predicted octanol–water partition coefficient (Wildman–Crippen LogP) is 5.94. The van der Waals surface area contributed by atoms with Crippen LogP contribution in [0.2, 0.25) is 0 Å². The fourth-order valence-corrected chi connectivity index (χ4v) is 3.80. The van der Waals surface area contributed by atoms with Crippen molar-refractivity contribution in [2.24, 2.45) is 0 Å². The molecule has 1 aliphatic rings. The van der Waals surface area contributed by atoms with E-state index in [0.29, 0.717) is 0 Å². The second-order valence-electron chi connectivity index (χ2n) is 6.35. The first-order valence-electron chi connectivity index (χ1n) is 7.94. The molecule has 0 saturated carbocycles. The lowest BCUT2D eigenvalue weighted by Crippen LogP contribution is -1.91. The van der Waals surface area contributed by atoms with Crippen LogP contribution in [0.4, 0.5) is 0 Å². The molecule has 0 heteroatoms. The van der Waals surface area contributed by atoms with Crippen molar-refractivity contribution in [2.45, 2.75) is 27.2 Å². The van der Waals surface area contributed by atoms with Crippen LogP contribution in [-0.2, 0) is 6.42 Å². The lowest BCUT2D eigenvalue weighted by Gasteiger charge is -2.10. The molecule has 3 aromatic carbocycles. The molecule has 0 N–H and O–H groups in total. The molecule has 0 nitrogen and oxygen atoms in total. The van der Waals surface area contributed by atoms with Gasteiger partial charge in [0, 0.05) is 0 Å². The predicted molar refractivity (Wildman–Crippen MR) is 96.1 cm³/mol. The highest BCUT2D eigenvalue weighted by molar-refractivity contribution is 6.04. The minimum atomic E-state index is 1.05. The molecule has 3 aromatic rings. The molecule has 4 rings (SSSR count). The van der Waals surface area contributed by atoms with Crippen LogP contribution in [-0.4, -0.2) is 0 Å². The van der Waals surface area contributed by atoms with Gasteiger partial charge in [-0.25, -0.2) is 0 Å². The van der Waals surface area contributed by atoms with Crippen LogP contribution < -0.4 is 0 Å². The van der Waals surface area contributed by atoms with Gasteiger partial charge in [0.1, 0.15) is 0 Å². The van der Waals surface area contributed by atoms with Crippen molar-refractivity contribution in [3.63, 3.8) is 0 Å². The second-order valence-corrected chi connectivity index (χ2v) is 6.35. The first-order valence-corrected chi connectivity index (χ1v) is 7.94. The van der Waals surface area contributed by atoms with Crippen molar-refractivity contribution in [1.82, 2.24) is 0 Å². The minimum absolute atomic E-state index is 1.05. The molecule has 0 bridgehead atoms. The average Bonchev–Trinajstić information content (AvgIpc) is 2.88. The maximum Gasteiger partial charge on any atom is -0.00106 e. The van der Waals surface area contributed by atoms with Crippen LogP contribution in [0.1, 0.15) is 34.7 Å². The number of hydrogen-bond acceptors (Lipinski definition) is 0. The van der Waals surface area contributed by atoms with E-state index in [4.69, 9.17) is 0 Å². The van der Waals surface area contributed by atoms with E-state index in [-0.39, 0.29) is 0 Å². The van der Waals surface area contributed by atoms with Crippen LogP contribution in [0.25, 0.3) is 21.9 Å². The van der Waals surface area contributed by atoms with Crippen LogP contribution >= 0.6 is 0 Å². The molecular weight excluding hydrogens is 264 g/mol. The summed E-state index contributed by atoms with van der Waals surface area (Å²) in [5.74, 6) is 0. The summed E-state index contributed by atoms with van der Waals surface area (Å²) in [5, 5.41) is 2.69. The molecule has 0 aromatic heterocycles. The van der Waals surface area contributed by atoms with Crippen molar-refractivity contribution in [3.05, 3.63) is 82.4 Å². The molecule has 0 aliphatic heterocycles. The number of benzene rings is 3. The van der Waals surface area contributed by atoms with E-state index in [1.54, 1.807) is 0 Å². The molecule has 1 aliphatic carbocycles. The van der Waals surface area contributed by atoms with Gasteiger partial charge < -0.3 is 0 Å². The van der Waals surface area contributed by atoms with Gasteiger partial charge in [-0.3, -0.25) is 0 Å². The quantitative estimate of drug-likeness (QED) is 0.518. The van der Waals surface area contributed by atoms with Crippen LogP contribution in [0, 0.1) is 13.8 Å². The molecule has 0 saturated heterocycles. The highest BCUT2D eigenvalue weighted by atomic mass is 14.3. The van der Waals surface area contributed by atoms with Gasteiger partial charge in [-0.2, -0.15) is 0 Å². The zero-order chi connectivity index (χ0) is 15.3. The molecule has 0 spiro atoms. The van der Waals surface area contributed by atoms with E-state index in [9.17, 15) is 0 Å². The van der Waals surface area contributed by atoms with Gasteiger partial charge in [0.2, 0.25) is 0 Å². The summed E-state index contributed by atoms with van der Waals surface area (Å²) in [5.41, 5.74) is 10.1. The Balaban J connectivity index is 1.97. The number of rotatable bonds is 1. The Kier molecular flexibility index (Phi) is 2.94. The van der Waals surface area contributed by atoms with Crippen LogP contribution in [0.3, 0.4) is 0 Å². The van der Waals surface area contributed by atoms with Crippen molar-refractivity contribution < 1.29 is 0 Å². The summed E-state index contributed by atoms with van der Waals surface area (Å²) in [6, 6.07) is 19.9. The fourth-order valence-electron chi connectivity index (χ4n) is 3.80. The third-order valence-electron chi connectivity index (χ3n) is 5.13. The zero-order valence-corrected chi connectivity index (χ0v) is 13.4. The van der Waals surface area contributed by atoms with Gasteiger partial charge in [0.25, 0.3) is 0 Å². The molecule has 0 amide bonds. The Bertz CT molecular complexity index is 921. The molecule has 0 radical (unpaired) electrons. The zero-order valence-electron chi connectivity index (χ0n) is 13.4. The summed E-state index contributed by atoms with van der Waals surface area (Å²) in [4.78, 5) is 0. The lowest BCUT2D eigenvalue weighted by atomic mass is 9.94. The van der Waals surface area contributed by atoms with E-state index < -0.39 is 0 Å². The van der Waals surface area contributed by atoms with E-state index in [0.717, 1.165) is 6.42 Å². The smallest absolute Gasteiger partial charge is 0.00106 e. The van der Waals surface area contributed by atoms with Gasteiger partial charge >= 0.3 is 0 Å². The van der Waals surface area contributed by atoms with Gasteiger partial charge in [0.15, 0.2) is 0 Å². The van der Waals surface area contributed by atoms with Crippen molar-refractivity contribution in [2.75, 3.05) is 0 Å². The van der Waals surface area contributed by atoms with Gasteiger partial charge in [0.05, 0.1) is 0 Å². The van der Waals surface area contributed by atoms with E-state index in [1.165, 1.54) is 49.7 Å². The van der Waals surface area contributed by atoms with E-state index >= 15 is 0 Å². The molecule has 0 fully saturated rings. The summed E-state index contributed by atoms with van der Waals surface area (Å²) in [7, 11) is 0. The third kappa shape index (κ3) is 1.84. The van der Waals surface area contributed by atoms with Gasteiger partial charge in [-0.05, 0) is 76.9 Å². The first kappa shape index (κ1) is 13.3. The summed E-state index contributed by atoms with van der Waals surface area (Å²) < 4.78 is 0. The third-order valence-corrected chi connectivity index (χ3v) is 5.13. The highest BCUT2D eigenvalue weighted by Gasteiger charge is 2.22. The van der Waals surface area contributed by atoms with E-state index in [1.807, 2.05) is 0 Å². The monoisotopic (exact) mass is 284 g/mol. The number of allylic oxidation sites excluding steroid dienone is 2. The number of aryl methyl sites for hydroxylation is 1. The van der Waals surface area contributed by atoms with E-state index in [2.05, 4.69) is 75.4 Å². The first-order chi connectivity index (χ1) is 10.7. The second kappa shape index (κ2) is 4.84. The molecule has 22 heavy (non-hydrogen) atoms. The molecule has 0 atom stereocenters. The molecule has 0 unspecified atom stereocenters. The number of hydrogen-bond donors (Lipinski definition) is 0. The average molecular weight is 284 g/mol. The molecule has 108 valence electrons. The largest absolute Gasteiger partial charge is 0.0616 e. The van der Waals surface area contributed by atoms with Crippen molar-refractivity contribution >= 4 is 21.9 Å². The number of fused-ring (bicyclic) bond motifs is 2. The standard InChI is InChI=1S/C22H20/c1-14-11-12-18-13-21(16(3)22(18)15(14)2)20-10-6-8-17-7-4-5-9-19(17)20/h4-12H,13H2,1-3H3. The topological polar surface area (TPSA) is 0 Å². The Morgan fingerprint density at radius 3 is 2.41 bits per heavy atom. The maximum absolute atomic E-state index is 2.30.